The van der Waals surface area contributed by atoms with Crippen LogP contribution in [-0.2, 0) is 4.74 Å². The van der Waals surface area contributed by atoms with Crippen molar-refractivity contribution in [2.24, 2.45) is 5.92 Å². The van der Waals surface area contributed by atoms with Crippen LogP contribution in [0.15, 0.2) is 22.7 Å². The number of ether oxygens (including phenoxy) is 1. The summed E-state index contributed by atoms with van der Waals surface area (Å²) in [6.07, 6.45) is 2.11. The Balaban J connectivity index is 1.99. The van der Waals surface area contributed by atoms with Crippen molar-refractivity contribution in [2.75, 3.05) is 26.8 Å². The summed E-state index contributed by atoms with van der Waals surface area (Å²) in [4.78, 5) is 14.2. The normalized spacial score (nSPS) is 16.4. The average Bonchev–Trinajstić information content (AvgIpc) is 2.42. The highest BCUT2D eigenvalue weighted by molar-refractivity contribution is 9.10. The summed E-state index contributed by atoms with van der Waals surface area (Å²) in [5.74, 6) is 0.668. The summed E-state index contributed by atoms with van der Waals surface area (Å²) in [6, 6.07) is 5.75. The molecule has 104 valence electrons. The molecule has 1 aromatic carbocycles. The first-order chi connectivity index (χ1) is 9.08. The maximum Gasteiger partial charge on any atom is 0.253 e. The van der Waals surface area contributed by atoms with Crippen molar-refractivity contribution >= 4 is 21.8 Å². The Morgan fingerprint density at radius 2 is 2.11 bits per heavy atom. The molecule has 1 aliphatic rings. The van der Waals surface area contributed by atoms with Crippen molar-refractivity contribution in [1.29, 1.82) is 0 Å². The predicted octanol–water partition coefficient (Wildman–Crippen LogP) is 3.26. The topological polar surface area (TPSA) is 29.5 Å². The lowest BCUT2D eigenvalue weighted by Gasteiger charge is -2.27. The quantitative estimate of drug-likeness (QED) is 0.853. The minimum Gasteiger partial charge on any atom is -0.381 e. The minimum atomic E-state index is 0.0992. The van der Waals surface area contributed by atoms with Gasteiger partial charge in [-0.05, 0) is 49.4 Å². The molecule has 0 N–H and O–H groups in total. The minimum absolute atomic E-state index is 0.0992. The van der Waals surface area contributed by atoms with Crippen LogP contribution in [-0.4, -0.2) is 37.6 Å². The number of carbonyl (C=O) groups excluding carboxylic acids is 1. The fourth-order valence-corrected chi connectivity index (χ4v) is 2.64. The van der Waals surface area contributed by atoms with Gasteiger partial charge < -0.3 is 9.64 Å². The van der Waals surface area contributed by atoms with Crippen molar-refractivity contribution in [1.82, 2.24) is 4.90 Å². The average molecular weight is 326 g/mol. The van der Waals surface area contributed by atoms with Crippen LogP contribution < -0.4 is 0 Å². The molecule has 1 fully saturated rings. The van der Waals surface area contributed by atoms with Gasteiger partial charge in [-0.25, -0.2) is 0 Å². The van der Waals surface area contributed by atoms with Gasteiger partial charge in [0.1, 0.15) is 0 Å². The molecule has 0 unspecified atom stereocenters. The van der Waals surface area contributed by atoms with E-state index in [1.807, 2.05) is 37.1 Å². The fraction of sp³-hybridized carbons (Fsp3) is 0.533. The van der Waals surface area contributed by atoms with Gasteiger partial charge in [0.25, 0.3) is 5.91 Å². The van der Waals surface area contributed by atoms with E-state index in [1.165, 1.54) is 0 Å². The Kier molecular flexibility index (Phi) is 4.99. The number of rotatable bonds is 3. The molecule has 0 spiro atoms. The summed E-state index contributed by atoms with van der Waals surface area (Å²) in [6.45, 7) is 4.46. The number of nitrogens with zero attached hydrogens (tertiary/aromatic N) is 1. The van der Waals surface area contributed by atoms with E-state index in [9.17, 15) is 4.79 Å². The second-order valence-corrected chi connectivity index (χ2v) is 6.06. The van der Waals surface area contributed by atoms with Gasteiger partial charge in [-0.2, -0.15) is 0 Å². The van der Waals surface area contributed by atoms with Crippen LogP contribution in [0.25, 0.3) is 0 Å². The van der Waals surface area contributed by atoms with Gasteiger partial charge in [0.15, 0.2) is 0 Å². The maximum atomic E-state index is 12.4. The first-order valence-corrected chi connectivity index (χ1v) is 7.46. The Morgan fingerprint density at radius 3 is 2.74 bits per heavy atom. The third kappa shape index (κ3) is 3.80. The maximum absolute atomic E-state index is 12.4. The van der Waals surface area contributed by atoms with Gasteiger partial charge in [-0.1, -0.05) is 15.9 Å². The van der Waals surface area contributed by atoms with Gasteiger partial charge in [0, 0.05) is 36.8 Å². The van der Waals surface area contributed by atoms with Crippen LogP contribution in [0.1, 0.15) is 28.8 Å². The third-order valence-corrected chi connectivity index (χ3v) is 4.51. The molecule has 1 saturated heterocycles. The molecular formula is C15H20BrNO2. The number of hydrogen-bond donors (Lipinski definition) is 0. The molecule has 19 heavy (non-hydrogen) atoms. The molecule has 4 heteroatoms. The zero-order chi connectivity index (χ0) is 13.8. The second kappa shape index (κ2) is 6.53. The predicted molar refractivity (Wildman–Crippen MR) is 79.4 cm³/mol. The first-order valence-electron chi connectivity index (χ1n) is 6.67. The Bertz CT molecular complexity index is 455. The third-order valence-electron chi connectivity index (χ3n) is 3.62. The van der Waals surface area contributed by atoms with E-state index < -0.39 is 0 Å². The number of hydrogen-bond acceptors (Lipinski definition) is 2. The van der Waals surface area contributed by atoms with E-state index in [2.05, 4.69) is 15.9 Å². The zero-order valence-corrected chi connectivity index (χ0v) is 13.1. The van der Waals surface area contributed by atoms with Gasteiger partial charge in [0.2, 0.25) is 0 Å². The summed E-state index contributed by atoms with van der Waals surface area (Å²) >= 11 is 3.46. The van der Waals surface area contributed by atoms with E-state index in [1.54, 1.807) is 0 Å². The molecule has 2 rings (SSSR count). The van der Waals surface area contributed by atoms with Crippen molar-refractivity contribution in [3.63, 3.8) is 0 Å². The molecule has 0 saturated carbocycles. The lowest BCUT2D eigenvalue weighted by atomic mass is 9.99. The van der Waals surface area contributed by atoms with Gasteiger partial charge in [-0.15, -0.1) is 0 Å². The molecule has 0 aliphatic carbocycles. The first kappa shape index (κ1) is 14.5. The summed E-state index contributed by atoms with van der Waals surface area (Å²) in [5.41, 5.74) is 1.85. The van der Waals surface area contributed by atoms with Gasteiger partial charge in [0.05, 0.1) is 0 Å². The largest absolute Gasteiger partial charge is 0.381 e. The van der Waals surface area contributed by atoms with E-state index in [4.69, 9.17) is 4.74 Å². The highest BCUT2D eigenvalue weighted by Crippen LogP contribution is 2.20. The van der Waals surface area contributed by atoms with Crippen molar-refractivity contribution in [3.8, 4) is 0 Å². The number of amides is 1. The van der Waals surface area contributed by atoms with Crippen LogP contribution in [0.5, 0.6) is 0 Å². The van der Waals surface area contributed by atoms with Crippen molar-refractivity contribution < 1.29 is 9.53 Å². The number of halogens is 1. The van der Waals surface area contributed by atoms with E-state index >= 15 is 0 Å². The number of aryl methyl sites for hydroxylation is 1. The smallest absolute Gasteiger partial charge is 0.253 e. The Labute approximate surface area is 123 Å². The van der Waals surface area contributed by atoms with Crippen LogP contribution in [0.2, 0.25) is 0 Å². The molecule has 0 radical (unpaired) electrons. The molecule has 1 aliphatic heterocycles. The monoisotopic (exact) mass is 325 g/mol. The SMILES string of the molecule is Cc1cc(C(=O)N(C)CC2CCOCC2)ccc1Br. The van der Waals surface area contributed by atoms with Gasteiger partial charge >= 0.3 is 0 Å². The van der Waals surface area contributed by atoms with Crippen LogP contribution in [0.3, 0.4) is 0 Å². The fourth-order valence-electron chi connectivity index (χ4n) is 2.40. The molecule has 1 amide bonds. The molecule has 1 aromatic rings. The molecular weight excluding hydrogens is 306 g/mol. The summed E-state index contributed by atoms with van der Waals surface area (Å²) < 4.78 is 6.38. The Hall–Kier alpha value is -0.870. The highest BCUT2D eigenvalue weighted by Gasteiger charge is 2.19. The zero-order valence-electron chi connectivity index (χ0n) is 11.5. The van der Waals surface area contributed by atoms with Crippen LogP contribution in [0, 0.1) is 12.8 Å². The van der Waals surface area contributed by atoms with Gasteiger partial charge in [-0.3, -0.25) is 4.79 Å². The second-order valence-electron chi connectivity index (χ2n) is 5.21. The van der Waals surface area contributed by atoms with Crippen LogP contribution in [0.4, 0.5) is 0 Å². The van der Waals surface area contributed by atoms with E-state index in [0.29, 0.717) is 5.92 Å². The Morgan fingerprint density at radius 1 is 1.42 bits per heavy atom. The van der Waals surface area contributed by atoms with Crippen LogP contribution >= 0.6 is 15.9 Å². The standard InChI is InChI=1S/C15H20BrNO2/c1-11-9-13(3-4-14(11)16)15(18)17(2)10-12-5-7-19-8-6-12/h3-4,9,12H,5-8,10H2,1-2H3. The molecule has 0 atom stereocenters. The lowest BCUT2D eigenvalue weighted by molar-refractivity contribution is 0.0497. The van der Waals surface area contributed by atoms with Crippen molar-refractivity contribution in [3.05, 3.63) is 33.8 Å². The highest BCUT2D eigenvalue weighted by atomic mass is 79.9. The molecule has 0 bridgehead atoms. The van der Waals surface area contributed by atoms with E-state index in [-0.39, 0.29) is 5.91 Å². The number of carbonyl (C=O) groups is 1. The van der Waals surface area contributed by atoms with E-state index in [0.717, 1.165) is 48.2 Å². The summed E-state index contributed by atoms with van der Waals surface area (Å²) in [7, 11) is 1.88. The lowest BCUT2D eigenvalue weighted by Crippen LogP contribution is -2.34. The molecule has 0 aromatic heterocycles. The summed E-state index contributed by atoms with van der Waals surface area (Å²) in [5, 5.41) is 0. The van der Waals surface area contributed by atoms with Crippen molar-refractivity contribution in [2.45, 2.75) is 19.8 Å². The molecule has 3 nitrogen and oxygen atoms in total. The number of benzene rings is 1. The molecule has 1 heterocycles.